The molecule has 1 amide bonds. The Labute approximate surface area is 136 Å². The predicted octanol–water partition coefficient (Wildman–Crippen LogP) is 3.53. The Hall–Kier alpha value is -0.940. The maximum Gasteiger partial charge on any atom is 0.287 e. The van der Waals surface area contributed by atoms with E-state index in [-0.39, 0.29) is 11.9 Å². The summed E-state index contributed by atoms with van der Waals surface area (Å²) in [5.74, 6) is 3.82. The highest BCUT2D eigenvalue weighted by atomic mass is 32.2. The third-order valence-corrected chi connectivity index (χ3v) is 5.82. The van der Waals surface area contributed by atoms with Crippen LogP contribution in [0.15, 0.2) is 10.5 Å². The molecule has 0 radical (unpaired) electrons. The topological polar surface area (TPSA) is 51.5 Å². The van der Waals surface area contributed by atoms with Gasteiger partial charge < -0.3 is 14.5 Å². The number of amides is 1. The first-order valence-corrected chi connectivity index (χ1v) is 9.44. The molecule has 1 aromatic heterocycles. The van der Waals surface area contributed by atoms with E-state index in [1.54, 1.807) is 0 Å². The zero-order valence-corrected chi connectivity index (χ0v) is 14.2. The maximum absolute atomic E-state index is 12.3. The summed E-state index contributed by atoms with van der Waals surface area (Å²) in [6.07, 6.45) is 4.83. The van der Waals surface area contributed by atoms with Crippen molar-refractivity contribution in [1.82, 2.24) is 5.32 Å². The molecule has 1 saturated heterocycles. The number of carbonyl (C=O) groups excluding carboxylic acids is 1. The fourth-order valence-corrected chi connectivity index (χ4v) is 4.35. The number of thioether (sulfide) groups is 1. The zero-order valence-electron chi connectivity index (χ0n) is 13.4. The molecule has 3 atom stereocenters. The van der Waals surface area contributed by atoms with E-state index in [1.165, 1.54) is 12.8 Å². The van der Waals surface area contributed by atoms with Crippen LogP contribution in [0.5, 0.6) is 0 Å². The number of fused-ring (bicyclic) bond motifs is 1. The van der Waals surface area contributed by atoms with Crippen molar-refractivity contribution in [2.24, 2.45) is 5.92 Å². The normalized spacial score (nSPS) is 26.5. The number of unbranched alkanes of at least 4 members (excludes halogenated alkanes) is 1. The molecule has 4 nitrogen and oxygen atoms in total. The molecule has 22 heavy (non-hydrogen) atoms. The fourth-order valence-electron chi connectivity index (χ4n) is 3.21. The number of rotatable bonds is 7. The maximum atomic E-state index is 12.3. The lowest BCUT2D eigenvalue weighted by atomic mass is 9.76. The Balaban J connectivity index is 1.52. The first-order chi connectivity index (χ1) is 10.7. The van der Waals surface area contributed by atoms with Gasteiger partial charge in [-0.1, -0.05) is 13.3 Å². The highest BCUT2D eigenvalue weighted by Gasteiger charge is 2.46. The minimum Gasteiger partial charge on any atom is -0.456 e. The number of carbonyl (C=O) groups is 1. The molecule has 1 aromatic rings. The van der Waals surface area contributed by atoms with Gasteiger partial charge in [-0.15, -0.1) is 0 Å². The Morgan fingerprint density at radius 1 is 1.50 bits per heavy atom. The van der Waals surface area contributed by atoms with Crippen molar-refractivity contribution >= 4 is 17.7 Å². The second-order valence-corrected chi connectivity index (χ2v) is 7.38. The second-order valence-electron chi connectivity index (χ2n) is 6.28. The molecule has 1 N–H and O–H groups in total. The highest BCUT2D eigenvalue weighted by Crippen LogP contribution is 2.38. The van der Waals surface area contributed by atoms with Gasteiger partial charge in [0.15, 0.2) is 5.76 Å². The number of hydrogen-bond acceptors (Lipinski definition) is 4. The van der Waals surface area contributed by atoms with Crippen LogP contribution in [0, 0.1) is 12.8 Å². The van der Waals surface area contributed by atoms with Crippen LogP contribution >= 0.6 is 11.8 Å². The molecule has 3 rings (SSSR count). The average Bonchev–Trinajstić information content (AvgIpc) is 3.04. The summed E-state index contributed by atoms with van der Waals surface area (Å²) in [5.41, 5.74) is 1.14. The standard InChI is InChI=1S/C17H25NO3S/c1-3-4-7-22-10-12-8-16(21-11(12)2)17(19)18-14-9-15-13(14)5-6-20-15/h8,13-15H,3-7,9-10H2,1-2H3,(H,18,19)/t13-,14+,15+/m1/s1. The summed E-state index contributed by atoms with van der Waals surface area (Å²) in [5, 5.41) is 3.10. The molecule has 1 saturated carbocycles. The molecular weight excluding hydrogens is 298 g/mol. The monoisotopic (exact) mass is 323 g/mol. The molecule has 1 aliphatic heterocycles. The number of hydrogen-bond donors (Lipinski definition) is 1. The van der Waals surface area contributed by atoms with Gasteiger partial charge in [0, 0.05) is 29.9 Å². The van der Waals surface area contributed by atoms with Gasteiger partial charge in [-0.2, -0.15) is 11.8 Å². The van der Waals surface area contributed by atoms with Gasteiger partial charge in [-0.05, 0) is 38.0 Å². The molecule has 2 aliphatic rings. The number of aryl methyl sites for hydroxylation is 1. The smallest absolute Gasteiger partial charge is 0.287 e. The van der Waals surface area contributed by atoms with Crippen LogP contribution in [0.1, 0.15) is 54.5 Å². The summed E-state index contributed by atoms with van der Waals surface area (Å²) < 4.78 is 11.2. The summed E-state index contributed by atoms with van der Waals surface area (Å²) >= 11 is 1.90. The fraction of sp³-hybridized carbons (Fsp3) is 0.706. The van der Waals surface area contributed by atoms with Crippen LogP contribution in [0.25, 0.3) is 0 Å². The molecule has 0 bridgehead atoms. The van der Waals surface area contributed by atoms with E-state index in [9.17, 15) is 4.79 Å². The van der Waals surface area contributed by atoms with E-state index in [2.05, 4.69) is 12.2 Å². The van der Waals surface area contributed by atoms with E-state index in [1.807, 2.05) is 24.8 Å². The third-order valence-electron chi connectivity index (χ3n) is 4.72. The number of nitrogens with one attached hydrogen (secondary N) is 1. The third kappa shape index (κ3) is 3.35. The Morgan fingerprint density at radius 3 is 3.14 bits per heavy atom. The van der Waals surface area contributed by atoms with Crippen molar-refractivity contribution < 1.29 is 13.9 Å². The van der Waals surface area contributed by atoms with E-state index in [0.717, 1.165) is 42.3 Å². The summed E-state index contributed by atoms with van der Waals surface area (Å²) in [7, 11) is 0. The second kappa shape index (κ2) is 7.09. The van der Waals surface area contributed by atoms with Crippen molar-refractivity contribution in [3.63, 3.8) is 0 Å². The van der Waals surface area contributed by atoms with Crippen molar-refractivity contribution in [1.29, 1.82) is 0 Å². The minimum atomic E-state index is -0.0803. The predicted molar refractivity (Wildman–Crippen MR) is 88.2 cm³/mol. The zero-order chi connectivity index (χ0) is 15.5. The summed E-state index contributed by atoms with van der Waals surface area (Å²) in [6.45, 7) is 4.98. The van der Waals surface area contributed by atoms with Gasteiger partial charge >= 0.3 is 0 Å². The van der Waals surface area contributed by atoms with Gasteiger partial charge in [-0.3, -0.25) is 4.79 Å². The minimum absolute atomic E-state index is 0.0803. The van der Waals surface area contributed by atoms with Crippen molar-refractivity contribution in [2.45, 2.75) is 57.4 Å². The van der Waals surface area contributed by atoms with Crippen LogP contribution < -0.4 is 5.32 Å². The van der Waals surface area contributed by atoms with Gasteiger partial charge in [0.1, 0.15) is 5.76 Å². The van der Waals surface area contributed by atoms with Gasteiger partial charge in [0.05, 0.1) is 6.10 Å². The molecule has 1 aliphatic carbocycles. The first-order valence-electron chi connectivity index (χ1n) is 8.28. The number of ether oxygens (including phenoxy) is 1. The summed E-state index contributed by atoms with van der Waals surface area (Å²) in [4.78, 5) is 12.3. The van der Waals surface area contributed by atoms with E-state index >= 15 is 0 Å². The van der Waals surface area contributed by atoms with Crippen LogP contribution in [0.4, 0.5) is 0 Å². The summed E-state index contributed by atoms with van der Waals surface area (Å²) in [6, 6.07) is 2.16. The first kappa shape index (κ1) is 15.9. The quantitative estimate of drug-likeness (QED) is 0.780. The Morgan fingerprint density at radius 2 is 2.36 bits per heavy atom. The molecule has 2 heterocycles. The SMILES string of the molecule is CCCCSCc1cc(C(=O)N[C@H]2C[C@@H]3OCC[C@H]23)oc1C. The Bertz CT molecular complexity index is 528. The molecule has 5 heteroatoms. The lowest BCUT2D eigenvalue weighted by molar-refractivity contribution is 0.00771. The van der Waals surface area contributed by atoms with Crippen molar-refractivity contribution in [3.05, 3.63) is 23.2 Å². The van der Waals surface area contributed by atoms with Gasteiger partial charge in [-0.25, -0.2) is 0 Å². The molecule has 0 unspecified atom stereocenters. The average molecular weight is 323 g/mol. The highest BCUT2D eigenvalue weighted by molar-refractivity contribution is 7.98. The largest absolute Gasteiger partial charge is 0.456 e. The molecule has 2 fully saturated rings. The molecule has 0 spiro atoms. The lowest BCUT2D eigenvalue weighted by Crippen LogP contribution is -2.53. The van der Waals surface area contributed by atoms with Crippen LogP contribution in [-0.4, -0.2) is 30.4 Å². The van der Waals surface area contributed by atoms with Crippen molar-refractivity contribution in [2.75, 3.05) is 12.4 Å². The van der Waals surface area contributed by atoms with E-state index < -0.39 is 0 Å². The van der Waals surface area contributed by atoms with Crippen LogP contribution in [0.3, 0.4) is 0 Å². The lowest BCUT2D eigenvalue weighted by Gasteiger charge is -2.39. The van der Waals surface area contributed by atoms with Crippen molar-refractivity contribution in [3.8, 4) is 0 Å². The molecule has 122 valence electrons. The molecular formula is C17H25NO3S. The Kier molecular flexibility index (Phi) is 5.14. The van der Waals surface area contributed by atoms with Gasteiger partial charge in [0.2, 0.25) is 0 Å². The molecule has 0 aromatic carbocycles. The van der Waals surface area contributed by atoms with Crippen LogP contribution in [-0.2, 0) is 10.5 Å². The van der Waals surface area contributed by atoms with Crippen LogP contribution in [0.2, 0.25) is 0 Å². The van der Waals surface area contributed by atoms with E-state index in [4.69, 9.17) is 9.15 Å². The van der Waals surface area contributed by atoms with E-state index in [0.29, 0.717) is 17.8 Å². The van der Waals surface area contributed by atoms with Gasteiger partial charge in [0.25, 0.3) is 5.91 Å². The number of furan rings is 1.